The molecule has 21 heavy (non-hydrogen) atoms. The van der Waals surface area contributed by atoms with Crippen molar-refractivity contribution < 1.29 is 4.92 Å². The van der Waals surface area contributed by atoms with E-state index in [-0.39, 0.29) is 5.69 Å². The number of non-ortho nitro benzene ring substituents is 1. The summed E-state index contributed by atoms with van der Waals surface area (Å²) in [5, 5.41) is 20.7. The van der Waals surface area contributed by atoms with Gasteiger partial charge in [-0.15, -0.1) is 0 Å². The Morgan fingerprint density at radius 3 is 2.43 bits per heavy atom. The highest BCUT2D eigenvalue weighted by molar-refractivity contribution is 6.31. The van der Waals surface area contributed by atoms with Crippen molar-refractivity contribution in [2.45, 2.75) is 46.0 Å². The van der Waals surface area contributed by atoms with Gasteiger partial charge in [-0.05, 0) is 43.1 Å². The van der Waals surface area contributed by atoms with E-state index in [0.29, 0.717) is 16.9 Å². The van der Waals surface area contributed by atoms with Gasteiger partial charge in [-0.3, -0.25) is 10.1 Å². The molecule has 0 saturated heterocycles. The van der Waals surface area contributed by atoms with Crippen molar-refractivity contribution in [3.63, 3.8) is 0 Å². The molecule has 0 aliphatic heterocycles. The van der Waals surface area contributed by atoms with Crippen molar-refractivity contribution in [1.82, 2.24) is 0 Å². The van der Waals surface area contributed by atoms with Gasteiger partial charge in [0.2, 0.25) is 0 Å². The summed E-state index contributed by atoms with van der Waals surface area (Å²) in [6.07, 6.45) is 4.31. The summed E-state index contributed by atoms with van der Waals surface area (Å²) in [7, 11) is 0. The van der Waals surface area contributed by atoms with E-state index in [4.69, 9.17) is 11.6 Å². The second kappa shape index (κ2) is 5.65. The van der Waals surface area contributed by atoms with Gasteiger partial charge in [0, 0.05) is 12.1 Å². The molecule has 5 heteroatoms. The van der Waals surface area contributed by atoms with E-state index < -0.39 is 10.3 Å². The minimum Gasteiger partial charge on any atom is -0.258 e. The van der Waals surface area contributed by atoms with Gasteiger partial charge in [0.05, 0.1) is 21.4 Å². The third-order valence-corrected chi connectivity index (χ3v) is 4.93. The van der Waals surface area contributed by atoms with Crippen molar-refractivity contribution in [2.75, 3.05) is 0 Å². The van der Waals surface area contributed by atoms with E-state index in [0.717, 1.165) is 31.2 Å². The number of nitro groups is 1. The first-order chi connectivity index (χ1) is 9.77. The predicted molar refractivity (Wildman–Crippen MR) is 82.1 cm³/mol. The van der Waals surface area contributed by atoms with Gasteiger partial charge in [0.1, 0.15) is 0 Å². The Bertz CT molecular complexity index is 595. The first kappa shape index (κ1) is 15.8. The monoisotopic (exact) mass is 306 g/mol. The average Bonchev–Trinajstić information content (AvgIpc) is 2.43. The molecule has 0 radical (unpaired) electrons. The molecule has 1 aliphatic rings. The molecule has 0 spiro atoms. The van der Waals surface area contributed by atoms with Crippen molar-refractivity contribution in [1.29, 1.82) is 5.26 Å². The Morgan fingerprint density at radius 1 is 1.33 bits per heavy atom. The van der Waals surface area contributed by atoms with Gasteiger partial charge in [-0.1, -0.05) is 31.5 Å². The molecular weight excluding hydrogens is 288 g/mol. The molecule has 0 aromatic heterocycles. The Morgan fingerprint density at radius 2 is 1.95 bits per heavy atom. The Hall–Kier alpha value is -1.60. The van der Waals surface area contributed by atoms with E-state index in [9.17, 15) is 15.4 Å². The van der Waals surface area contributed by atoms with Gasteiger partial charge in [-0.2, -0.15) is 5.26 Å². The number of nitrogens with zero attached hydrogens (tertiary/aromatic N) is 2. The summed E-state index contributed by atoms with van der Waals surface area (Å²) < 4.78 is 0. The van der Waals surface area contributed by atoms with Crippen LogP contribution in [0.2, 0.25) is 5.02 Å². The van der Waals surface area contributed by atoms with E-state index in [1.165, 1.54) is 12.1 Å². The number of benzene rings is 1. The standard InChI is InChI=1S/C16H19ClN2O2/c1-15(2)5-7-16(11-18,8-6-15)10-12-3-4-13(19(20)21)9-14(12)17/h3-4,9H,5-8,10H2,1-2H3. The van der Waals surface area contributed by atoms with Gasteiger partial charge < -0.3 is 0 Å². The quantitative estimate of drug-likeness (QED) is 0.589. The van der Waals surface area contributed by atoms with Crippen molar-refractivity contribution in [2.24, 2.45) is 10.8 Å². The van der Waals surface area contributed by atoms with Crippen molar-refractivity contribution >= 4 is 17.3 Å². The summed E-state index contributed by atoms with van der Waals surface area (Å²) in [5.41, 5.74) is 0.706. The van der Waals surface area contributed by atoms with Gasteiger partial charge in [0.25, 0.3) is 5.69 Å². The van der Waals surface area contributed by atoms with E-state index in [1.54, 1.807) is 6.07 Å². The summed E-state index contributed by atoms with van der Waals surface area (Å²) in [5.74, 6) is 0. The summed E-state index contributed by atoms with van der Waals surface area (Å²) in [4.78, 5) is 10.3. The minimum atomic E-state index is -0.459. The second-order valence-electron chi connectivity index (χ2n) is 6.77. The molecule has 1 saturated carbocycles. The van der Waals surface area contributed by atoms with E-state index in [2.05, 4.69) is 19.9 Å². The zero-order chi connectivity index (χ0) is 15.7. The zero-order valence-electron chi connectivity index (χ0n) is 12.4. The first-order valence-electron chi connectivity index (χ1n) is 7.11. The topological polar surface area (TPSA) is 66.9 Å². The zero-order valence-corrected chi connectivity index (χ0v) is 13.1. The Balaban J connectivity index is 2.20. The van der Waals surface area contributed by atoms with Crippen LogP contribution in [0, 0.1) is 32.3 Å². The van der Waals surface area contributed by atoms with Crippen LogP contribution in [0.1, 0.15) is 45.1 Å². The molecule has 112 valence electrons. The maximum atomic E-state index is 10.7. The molecule has 1 aliphatic carbocycles. The number of hydrogen-bond donors (Lipinski definition) is 0. The first-order valence-corrected chi connectivity index (χ1v) is 7.49. The lowest BCUT2D eigenvalue weighted by Crippen LogP contribution is -2.31. The minimum absolute atomic E-state index is 0.0143. The fraction of sp³-hybridized carbons (Fsp3) is 0.562. The lowest BCUT2D eigenvalue weighted by atomic mass is 9.64. The maximum Gasteiger partial charge on any atom is 0.270 e. The summed E-state index contributed by atoms with van der Waals surface area (Å²) >= 11 is 6.15. The molecule has 0 atom stereocenters. The lowest BCUT2D eigenvalue weighted by Gasteiger charge is -2.39. The number of halogens is 1. The van der Waals surface area contributed by atoms with E-state index >= 15 is 0 Å². The van der Waals surface area contributed by atoms with Crippen LogP contribution in [-0.2, 0) is 6.42 Å². The molecule has 1 aromatic rings. The maximum absolute atomic E-state index is 10.7. The highest BCUT2D eigenvalue weighted by Crippen LogP contribution is 2.47. The number of rotatable bonds is 3. The highest BCUT2D eigenvalue weighted by atomic mass is 35.5. The van der Waals surface area contributed by atoms with Gasteiger partial charge >= 0.3 is 0 Å². The molecular formula is C16H19ClN2O2. The molecule has 4 nitrogen and oxygen atoms in total. The van der Waals surface area contributed by atoms with Crippen molar-refractivity contribution in [3.8, 4) is 6.07 Å². The van der Waals surface area contributed by atoms with Crippen LogP contribution < -0.4 is 0 Å². The Kier molecular flexibility index (Phi) is 4.25. The Labute approximate surface area is 129 Å². The number of hydrogen-bond acceptors (Lipinski definition) is 3. The van der Waals surface area contributed by atoms with Crippen LogP contribution >= 0.6 is 11.6 Å². The lowest BCUT2D eigenvalue weighted by molar-refractivity contribution is -0.384. The molecule has 0 bridgehead atoms. The van der Waals surface area contributed by atoms with Gasteiger partial charge in [-0.25, -0.2) is 0 Å². The summed E-state index contributed by atoms with van der Waals surface area (Å²) in [6, 6.07) is 6.98. The molecule has 0 N–H and O–H groups in total. The number of nitriles is 1. The molecule has 0 unspecified atom stereocenters. The van der Waals surface area contributed by atoms with Crippen LogP contribution in [0.3, 0.4) is 0 Å². The van der Waals surface area contributed by atoms with Crippen LogP contribution in [0.5, 0.6) is 0 Å². The second-order valence-corrected chi connectivity index (χ2v) is 7.17. The molecule has 2 rings (SSSR count). The number of nitro benzene ring substituents is 1. The predicted octanol–water partition coefficient (Wildman–Crippen LogP) is 4.90. The molecule has 0 heterocycles. The smallest absolute Gasteiger partial charge is 0.258 e. The summed E-state index contributed by atoms with van der Waals surface area (Å²) in [6.45, 7) is 4.46. The fourth-order valence-electron chi connectivity index (χ4n) is 2.89. The largest absolute Gasteiger partial charge is 0.270 e. The van der Waals surface area contributed by atoms with Crippen LogP contribution in [0.25, 0.3) is 0 Å². The van der Waals surface area contributed by atoms with Crippen LogP contribution in [-0.4, -0.2) is 4.92 Å². The van der Waals surface area contributed by atoms with Crippen LogP contribution in [0.4, 0.5) is 5.69 Å². The van der Waals surface area contributed by atoms with Gasteiger partial charge in [0.15, 0.2) is 0 Å². The third kappa shape index (κ3) is 3.54. The average molecular weight is 307 g/mol. The molecule has 1 fully saturated rings. The highest BCUT2D eigenvalue weighted by Gasteiger charge is 2.39. The van der Waals surface area contributed by atoms with Crippen LogP contribution in [0.15, 0.2) is 18.2 Å². The molecule has 1 aromatic carbocycles. The third-order valence-electron chi connectivity index (χ3n) is 4.57. The SMILES string of the molecule is CC1(C)CCC(C#N)(Cc2ccc([N+](=O)[O-])cc2Cl)CC1. The molecule has 0 amide bonds. The normalized spacial score (nSPS) is 19.7. The van der Waals surface area contributed by atoms with E-state index in [1.807, 2.05) is 0 Å². The van der Waals surface area contributed by atoms with Crippen molar-refractivity contribution in [3.05, 3.63) is 38.9 Å². The fourth-order valence-corrected chi connectivity index (χ4v) is 3.13.